The topological polar surface area (TPSA) is 88.2 Å². The number of nitrogens with one attached hydrogen (secondary N) is 1. The number of nitrogens with two attached hydrogens (primary N) is 1. The van der Waals surface area contributed by atoms with Gasteiger partial charge >= 0.3 is 0 Å². The van der Waals surface area contributed by atoms with Crippen molar-refractivity contribution in [2.45, 2.75) is 12.5 Å². The second-order valence-electron chi connectivity index (χ2n) is 4.33. The summed E-state index contributed by atoms with van der Waals surface area (Å²) in [6, 6.07) is 9.40. The molecule has 2 rings (SSSR count). The fourth-order valence-electron chi connectivity index (χ4n) is 1.65. The molecule has 6 heteroatoms. The molecule has 0 bridgehead atoms. The first-order chi connectivity index (χ1) is 9.54. The number of pyridine rings is 1. The number of nitrogens with zero attached hydrogens (tertiary/aromatic N) is 1. The molecule has 0 saturated carbocycles. The second kappa shape index (κ2) is 6.49. The maximum Gasteiger partial charge on any atom is 0.242 e. The van der Waals surface area contributed by atoms with Crippen molar-refractivity contribution in [1.29, 1.82) is 0 Å². The Morgan fingerprint density at radius 3 is 2.60 bits per heavy atom. The summed E-state index contributed by atoms with van der Waals surface area (Å²) in [6.07, 6.45) is 1.99. The smallest absolute Gasteiger partial charge is 0.242 e. The van der Waals surface area contributed by atoms with E-state index in [1.54, 1.807) is 42.6 Å². The Morgan fingerprint density at radius 1 is 1.30 bits per heavy atom. The molecule has 0 fully saturated rings. The van der Waals surface area contributed by atoms with Crippen molar-refractivity contribution in [1.82, 2.24) is 4.98 Å². The molecule has 20 heavy (non-hydrogen) atoms. The third-order valence-corrected chi connectivity index (χ3v) is 3.18. The summed E-state index contributed by atoms with van der Waals surface area (Å²) in [7, 11) is 0. The van der Waals surface area contributed by atoms with E-state index in [0.717, 1.165) is 10.0 Å². The van der Waals surface area contributed by atoms with Gasteiger partial charge in [0.15, 0.2) is 0 Å². The summed E-state index contributed by atoms with van der Waals surface area (Å²) in [4.78, 5) is 16.0. The van der Waals surface area contributed by atoms with E-state index in [-0.39, 0.29) is 11.7 Å². The van der Waals surface area contributed by atoms with E-state index in [2.05, 4.69) is 26.2 Å². The molecule has 0 aliphatic rings. The Hall–Kier alpha value is -1.92. The van der Waals surface area contributed by atoms with Crippen molar-refractivity contribution in [3.05, 3.63) is 52.6 Å². The van der Waals surface area contributed by atoms with Crippen LogP contribution in [0.4, 0.5) is 5.82 Å². The molecule has 0 radical (unpaired) electrons. The average Bonchev–Trinajstić information content (AvgIpc) is 2.44. The number of carbonyl (C=O) groups is 1. The zero-order valence-corrected chi connectivity index (χ0v) is 12.2. The second-order valence-corrected chi connectivity index (χ2v) is 5.24. The highest BCUT2D eigenvalue weighted by Crippen LogP contribution is 2.13. The molecule has 0 unspecified atom stereocenters. The zero-order valence-electron chi connectivity index (χ0n) is 10.6. The normalized spacial score (nSPS) is 11.9. The van der Waals surface area contributed by atoms with Crippen molar-refractivity contribution in [3.8, 4) is 5.75 Å². The van der Waals surface area contributed by atoms with Crippen molar-refractivity contribution in [2.75, 3.05) is 5.32 Å². The molecule has 0 aliphatic heterocycles. The van der Waals surface area contributed by atoms with E-state index in [1.807, 2.05) is 0 Å². The third-order valence-electron chi connectivity index (χ3n) is 2.71. The first-order valence-corrected chi connectivity index (χ1v) is 6.80. The zero-order chi connectivity index (χ0) is 14.5. The lowest BCUT2D eigenvalue weighted by molar-refractivity contribution is -0.117. The molecule has 1 aromatic carbocycles. The predicted molar refractivity (Wildman–Crippen MR) is 80.4 cm³/mol. The predicted octanol–water partition coefficient (Wildman–Crippen LogP) is 2.06. The van der Waals surface area contributed by atoms with Crippen LogP contribution in [0.5, 0.6) is 5.75 Å². The van der Waals surface area contributed by atoms with Gasteiger partial charge in [0.1, 0.15) is 11.6 Å². The SMILES string of the molecule is N[C@H](Cc1ccc(O)cc1)C(=O)Nc1ccc(Br)cn1. The molecule has 5 nitrogen and oxygen atoms in total. The van der Waals surface area contributed by atoms with E-state index in [4.69, 9.17) is 5.73 Å². The Kier molecular flexibility index (Phi) is 4.70. The molecular weight excluding hydrogens is 322 g/mol. The van der Waals surface area contributed by atoms with Crippen molar-refractivity contribution in [3.63, 3.8) is 0 Å². The van der Waals surface area contributed by atoms with E-state index in [9.17, 15) is 9.90 Å². The van der Waals surface area contributed by atoms with Gasteiger partial charge in [-0.25, -0.2) is 4.98 Å². The molecule has 1 aromatic heterocycles. The number of hydrogen-bond donors (Lipinski definition) is 3. The van der Waals surface area contributed by atoms with Crippen LogP contribution in [0.15, 0.2) is 47.1 Å². The van der Waals surface area contributed by atoms with E-state index in [1.165, 1.54) is 0 Å². The van der Waals surface area contributed by atoms with Crippen LogP contribution in [-0.4, -0.2) is 22.0 Å². The number of amides is 1. The minimum Gasteiger partial charge on any atom is -0.508 e. The summed E-state index contributed by atoms with van der Waals surface area (Å²) in [5.41, 5.74) is 6.74. The first kappa shape index (κ1) is 14.5. The molecule has 0 saturated heterocycles. The van der Waals surface area contributed by atoms with Gasteiger partial charge in [-0.15, -0.1) is 0 Å². The van der Waals surface area contributed by atoms with Crippen LogP contribution in [0, 0.1) is 0 Å². The third kappa shape index (κ3) is 4.04. The van der Waals surface area contributed by atoms with Crippen molar-refractivity contribution < 1.29 is 9.90 Å². The molecule has 2 aromatic rings. The van der Waals surface area contributed by atoms with Crippen molar-refractivity contribution >= 4 is 27.7 Å². The molecule has 104 valence electrons. The number of hydrogen-bond acceptors (Lipinski definition) is 4. The number of aromatic nitrogens is 1. The molecule has 1 heterocycles. The molecule has 1 atom stereocenters. The highest BCUT2D eigenvalue weighted by molar-refractivity contribution is 9.10. The highest BCUT2D eigenvalue weighted by Gasteiger charge is 2.14. The van der Waals surface area contributed by atoms with Gasteiger partial charge in [-0.2, -0.15) is 0 Å². The summed E-state index contributed by atoms with van der Waals surface area (Å²) < 4.78 is 0.837. The highest BCUT2D eigenvalue weighted by atomic mass is 79.9. The molecule has 0 aliphatic carbocycles. The Morgan fingerprint density at radius 2 is 2.00 bits per heavy atom. The lowest BCUT2D eigenvalue weighted by Gasteiger charge is -2.12. The minimum atomic E-state index is -0.676. The Balaban J connectivity index is 1.94. The van der Waals surface area contributed by atoms with E-state index < -0.39 is 6.04 Å². The number of anilines is 1. The quantitative estimate of drug-likeness (QED) is 0.797. The Labute approximate surface area is 125 Å². The number of carbonyl (C=O) groups excluding carboxylic acids is 1. The van der Waals surface area contributed by atoms with Gasteiger partial charge in [-0.1, -0.05) is 12.1 Å². The van der Waals surface area contributed by atoms with Gasteiger partial charge in [0, 0.05) is 10.7 Å². The van der Waals surface area contributed by atoms with Crippen LogP contribution in [0.25, 0.3) is 0 Å². The van der Waals surface area contributed by atoms with E-state index in [0.29, 0.717) is 12.2 Å². The number of benzene rings is 1. The number of phenolic OH excluding ortho intramolecular Hbond substituents is 1. The first-order valence-electron chi connectivity index (χ1n) is 6.00. The maximum absolute atomic E-state index is 11.9. The van der Waals surface area contributed by atoms with Crippen LogP contribution in [-0.2, 0) is 11.2 Å². The van der Waals surface area contributed by atoms with Crippen LogP contribution in [0.1, 0.15) is 5.56 Å². The van der Waals surface area contributed by atoms with Gasteiger partial charge in [-0.05, 0) is 52.2 Å². The number of halogens is 1. The summed E-state index contributed by atoms with van der Waals surface area (Å²) in [5, 5.41) is 11.8. The Bertz CT molecular complexity index is 584. The minimum absolute atomic E-state index is 0.186. The van der Waals surface area contributed by atoms with E-state index >= 15 is 0 Å². The van der Waals surface area contributed by atoms with Crippen LogP contribution >= 0.6 is 15.9 Å². The van der Waals surface area contributed by atoms with Crippen LogP contribution in [0.3, 0.4) is 0 Å². The lowest BCUT2D eigenvalue weighted by Crippen LogP contribution is -2.37. The fraction of sp³-hybridized carbons (Fsp3) is 0.143. The molecule has 4 N–H and O–H groups in total. The van der Waals surface area contributed by atoms with Crippen LogP contribution < -0.4 is 11.1 Å². The summed E-state index contributed by atoms with van der Waals surface area (Å²) in [6.45, 7) is 0. The monoisotopic (exact) mass is 335 g/mol. The maximum atomic E-state index is 11.9. The van der Waals surface area contributed by atoms with Gasteiger partial charge in [0.2, 0.25) is 5.91 Å². The van der Waals surface area contributed by atoms with Gasteiger partial charge in [0.05, 0.1) is 6.04 Å². The standard InChI is InChI=1S/C14H14BrN3O2/c15-10-3-6-13(17-8-10)18-14(20)12(16)7-9-1-4-11(19)5-2-9/h1-6,8,12,19H,7,16H2,(H,17,18,20)/t12-/m1/s1. The number of rotatable bonds is 4. The van der Waals surface area contributed by atoms with Gasteiger partial charge in [0.25, 0.3) is 0 Å². The number of aromatic hydroxyl groups is 1. The van der Waals surface area contributed by atoms with Crippen molar-refractivity contribution in [2.24, 2.45) is 5.73 Å². The summed E-state index contributed by atoms with van der Waals surface area (Å²) in [5.74, 6) is 0.345. The summed E-state index contributed by atoms with van der Waals surface area (Å²) >= 11 is 3.27. The van der Waals surface area contributed by atoms with Gasteiger partial charge in [-0.3, -0.25) is 4.79 Å². The fourth-order valence-corrected chi connectivity index (χ4v) is 1.88. The number of phenols is 1. The van der Waals surface area contributed by atoms with Crippen LogP contribution in [0.2, 0.25) is 0 Å². The van der Waals surface area contributed by atoms with Gasteiger partial charge < -0.3 is 16.2 Å². The average molecular weight is 336 g/mol. The molecular formula is C14H14BrN3O2. The molecule has 1 amide bonds. The largest absolute Gasteiger partial charge is 0.508 e. The molecule has 0 spiro atoms. The lowest BCUT2D eigenvalue weighted by atomic mass is 10.1.